The van der Waals surface area contributed by atoms with E-state index < -0.39 is 6.04 Å². The highest BCUT2D eigenvalue weighted by Gasteiger charge is 2.21. The molecule has 190 valence electrons. The van der Waals surface area contributed by atoms with Crippen LogP contribution in [0.3, 0.4) is 0 Å². The number of nitrogens with one attached hydrogen (secondary N) is 1. The average Bonchev–Trinajstić information content (AvgIpc) is 2.93. The molecule has 1 amide bonds. The number of benzene rings is 3. The normalized spacial score (nSPS) is 14.6. The van der Waals surface area contributed by atoms with E-state index in [0.29, 0.717) is 17.9 Å². The van der Waals surface area contributed by atoms with Gasteiger partial charge in [-0.2, -0.15) is 5.26 Å². The van der Waals surface area contributed by atoms with Gasteiger partial charge in [0, 0.05) is 13.0 Å². The Labute approximate surface area is 217 Å². The predicted molar refractivity (Wildman–Crippen MR) is 141 cm³/mol. The van der Waals surface area contributed by atoms with Gasteiger partial charge in [0.1, 0.15) is 11.6 Å². The van der Waals surface area contributed by atoms with E-state index in [1.807, 2.05) is 24.3 Å². The van der Waals surface area contributed by atoms with Crippen LogP contribution in [0.15, 0.2) is 78.9 Å². The molecule has 1 heterocycles. The molecule has 4 nitrogen and oxygen atoms in total. The third-order valence-electron chi connectivity index (χ3n) is 6.91. The van der Waals surface area contributed by atoms with Crippen LogP contribution in [0.5, 0.6) is 0 Å². The van der Waals surface area contributed by atoms with Crippen molar-refractivity contribution in [1.82, 2.24) is 10.2 Å². The summed E-state index contributed by atoms with van der Waals surface area (Å²) in [5.41, 5.74) is 3.25. The molecule has 0 aromatic heterocycles. The number of likely N-dealkylation sites (tertiary alicyclic amines) is 1. The molecule has 0 atom stereocenters. The van der Waals surface area contributed by atoms with Gasteiger partial charge in [-0.25, -0.2) is 8.78 Å². The molecule has 1 fully saturated rings. The van der Waals surface area contributed by atoms with Crippen LogP contribution >= 0.6 is 0 Å². The maximum atomic E-state index is 13.4. The summed E-state index contributed by atoms with van der Waals surface area (Å²) in [4.78, 5) is 15.3. The first-order valence-electron chi connectivity index (χ1n) is 12.7. The van der Waals surface area contributed by atoms with E-state index in [2.05, 4.69) is 28.4 Å². The SMILES string of the molecule is N#Cc1ccc(/C=C/CN2CCC(CCC(=O)NC(c3ccc(F)cc3)c3ccc(F)cc3)CC2)cc1. The maximum Gasteiger partial charge on any atom is 0.220 e. The highest BCUT2D eigenvalue weighted by atomic mass is 19.1. The van der Waals surface area contributed by atoms with Gasteiger partial charge >= 0.3 is 0 Å². The molecule has 1 aliphatic heterocycles. The van der Waals surface area contributed by atoms with E-state index in [1.165, 1.54) is 24.3 Å². The van der Waals surface area contributed by atoms with Gasteiger partial charge in [0.05, 0.1) is 17.7 Å². The van der Waals surface area contributed by atoms with Crippen molar-refractivity contribution in [2.45, 2.75) is 31.7 Å². The first-order valence-corrected chi connectivity index (χ1v) is 12.7. The van der Waals surface area contributed by atoms with E-state index in [1.54, 1.807) is 24.3 Å². The Kier molecular flexibility index (Phi) is 9.18. The van der Waals surface area contributed by atoms with Gasteiger partial charge in [-0.3, -0.25) is 9.69 Å². The van der Waals surface area contributed by atoms with Gasteiger partial charge < -0.3 is 5.32 Å². The molecule has 4 rings (SSSR count). The molecule has 1 saturated heterocycles. The Morgan fingerprint density at radius 2 is 1.51 bits per heavy atom. The van der Waals surface area contributed by atoms with E-state index in [-0.39, 0.29) is 17.5 Å². The molecule has 0 radical (unpaired) electrons. The van der Waals surface area contributed by atoms with Gasteiger partial charge in [-0.05, 0) is 91.4 Å². The van der Waals surface area contributed by atoms with E-state index in [0.717, 1.165) is 55.6 Å². The van der Waals surface area contributed by atoms with Crippen molar-refractivity contribution in [1.29, 1.82) is 5.26 Å². The zero-order chi connectivity index (χ0) is 26.0. The minimum Gasteiger partial charge on any atom is -0.345 e. The molecule has 0 spiro atoms. The van der Waals surface area contributed by atoms with Crippen LogP contribution in [0.1, 0.15) is 54.0 Å². The lowest BCUT2D eigenvalue weighted by Crippen LogP contribution is -2.34. The van der Waals surface area contributed by atoms with Gasteiger partial charge in [0.2, 0.25) is 5.91 Å². The largest absolute Gasteiger partial charge is 0.345 e. The van der Waals surface area contributed by atoms with Crippen molar-refractivity contribution in [3.8, 4) is 6.07 Å². The lowest BCUT2D eigenvalue weighted by atomic mass is 9.91. The van der Waals surface area contributed by atoms with Crippen molar-refractivity contribution in [2.75, 3.05) is 19.6 Å². The Hall–Kier alpha value is -3.82. The molecule has 1 aliphatic rings. The summed E-state index contributed by atoms with van der Waals surface area (Å²) in [5, 5.41) is 12.0. The summed E-state index contributed by atoms with van der Waals surface area (Å²) in [7, 11) is 0. The summed E-state index contributed by atoms with van der Waals surface area (Å²) in [5.74, 6) is -0.251. The Morgan fingerprint density at radius 1 is 0.946 bits per heavy atom. The standard InChI is InChI=1S/C31H31F2N3O/c32-28-12-8-26(9-13-28)31(27-10-14-29(33)15-11-27)35-30(37)16-7-24-17-20-36(21-18-24)19-1-2-23-3-5-25(22-34)6-4-23/h1-6,8-15,24,31H,7,16-21H2,(H,35,37)/b2-1+. The summed E-state index contributed by atoms with van der Waals surface area (Å²) in [6.07, 6.45) is 7.58. The summed E-state index contributed by atoms with van der Waals surface area (Å²) < 4.78 is 26.9. The monoisotopic (exact) mass is 499 g/mol. The van der Waals surface area contributed by atoms with Crippen molar-refractivity contribution in [3.63, 3.8) is 0 Å². The summed E-state index contributed by atoms with van der Waals surface area (Å²) in [6, 6.07) is 21.3. The highest BCUT2D eigenvalue weighted by molar-refractivity contribution is 5.77. The Balaban J connectivity index is 1.24. The molecule has 1 N–H and O–H groups in total. The zero-order valence-corrected chi connectivity index (χ0v) is 20.7. The quantitative estimate of drug-likeness (QED) is 0.379. The molecule has 0 bridgehead atoms. The number of nitriles is 1. The second-order valence-corrected chi connectivity index (χ2v) is 9.52. The van der Waals surface area contributed by atoms with Crippen LogP contribution in [-0.4, -0.2) is 30.4 Å². The van der Waals surface area contributed by atoms with Crippen LogP contribution in [0.25, 0.3) is 6.08 Å². The highest BCUT2D eigenvalue weighted by Crippen LogP contribution is 2.25. The van der Waals surface area contributed by atoms with Crippen LogP contribution < -0.4 is 5.32 Å². The minimum absolute atomic E-state index is 0.0635. The topological polar surface area (TPSA) is 56.1 Å². The van der Waals surface area contributed by atoms with Crippen molar-refractivity contribution >= 4 is 12.0 Å². The molecule has 0 unspecified atom stereocenters. The van der Waals surface area contributed by atoms with Gasteiger partial charge in [0.15, 0.2) is 0 Å². The minimum atomic E-state index is -0.460. The van der Waals surface area contributed by atoms with Crippen LogP contribution in [-0.2, 0) is 4.79 Å². The fourth-order valence-electron chi connectivity index (χ4n) is 4.70. The predicted octanol–water partition coefficient (Wildman–Crippen LogP) is 6.25. The molecule has 0 aliphatic carbocycles. The van der Waals surface area contributed by atoms with Crippen molar-refractivity contribution in [2.24, 2.45) is 5.92 Å². The molecule has 37 heavy (non-hydrogen) atoms. The molecule has 6 heteroatoms. The zero-order valence-electron chi connectivity index (χ0n) is 20.7. The van der Waals surface area contributed by atoms with Crippen molar-refractivity contribution < 1.29 is 13.6 Å². The second kappa shape index (κ2) is 12.9. The Bertz CT molecular complexity index is 1180. The van der Waals surface area contributed by atoms with E-state index >= 15 is 0 Å². The number of amides is 1. The number of rotatable bonds is 9. The Morgan fingerprint density at radius 3 is 2.05 bits per heavy atom. The second-order valence-electron chi connectivity index (χ2n) is 9.52. The number of carbonyl (C=O) groups is 1. The van der Waals surface area contributed by atoms with Crippen LogP contribution in [0.4, 0.5) is 8.78 Å². The van der Waals surface area contributed by atoms with E-state index in [9.17, 15) is 13.6 Å². The fraction of sp³-hybridized carbons (Fsp3) is 0.290. The van der Waals surface area contributed by atoms with Gasteiger partial charge in [0.25, 0.3) is 0 Å². The number of hydrogen-bond donors (Lipinski definition) is 1. The van der Waals surface area contributed by atoms with Crippen LogP contribution in [0.2, 0.25) is 0 Å². The van der Waals surface area contributed by atoms with Crippen molar-refractivity contribution in [3.05, 3.63) is 113 Å². The number of hydrogen-bond acceptors (Lipinski definition) is 3. The average molecular weight is 500 g/mol. The lowest BCUT2D eigenvalue weighted by Gasteiger charge is -2.31. The number of piperidine rings is 1. The third kappa shape index (κ3) is 7.83. The van der Waals surface area contributed by atoms with Crippen LogP contribution in [0, 0.1) is 28.9 Å². The number of carbonyl (C=O) groups excluding carboxylic acids is 1. The molecule has 3 aromatic carbocycles. The lowest BCUT2D eigenvalue weighted by molar-refractivity contribution is -0.122. The molecular weight excluding hydrogens is 468 g/mol. The van der Waals surface area contributed by atoms with E-state index in [4.69, 9.17) is 5.26 Å². The maximum absolute atomic E-state index is 13.4. The first-order chi connectivity index (χ1) is 18.0. The summed E-state index contributed by atoms with van der Waals surface area (Å²) >= 11 is 0. The first kappa shape index (κ1) is 26.2. The number of nitrogens with zero attached hydrogens (tertiary/aromatic N) is 2. The smallest absolute Gasteiger partial charge is 0.220 e. The fourth-order valence-corrected chi connectivity index (χ4v) is 4.70. The molecule has 0 saturated carbocycles. The number of halogens is 2. The van der Waals surface area contributed by atoms with Gasteiger partial charge in [-0.1, -0.05) is 48.6 Å². The summed E-state index contributed by atoms with van der Waals surface area (Å²) in [6.45, 7) is 2.87. The molecule has 3 aromatic rings. The van der Waals surface area contributed by atoms with Gasteiger partial charge in [-0.15, -0.1) is 0 Å². The third-order valence-corrected chi connectivity index (χ3v) is 6.91. The molecular formula is C31H31F2N3O.